The van der Waals surface area contributed by atoms with Crippen LogP contribution in [0.25, 0.3) is 0 Å². The summed E-state index contributed by atoms with van der Waals surface area (Å²) in [4.78, 5) is 4.39. The molecule has 1 aromatic rings. The largest absolute Gasteiger partial charge is 0.334 e. The fourth-order valence-corrected chi connectivity index (χ4v) is 1.98. The summed E-state index contributed by atoms with van der Waals surface area (Å²) in [5.41, 5.74) is -0.215. The first-order valence-electron chi connectivity index (χ1n) is 6.75. The topological polar surface area (TPSA) is 53.6 Å². The van der Waals surface area contributed by atoms with Gasteiger partial charge in [0.05, 0.1) is 18.0 Å². The summed E-state index contributed by atoms with van der Waals surface area (Å²) in [6.45, 7) is 5.80. The number of hydrogen-bond acceptors (Lipinski definition) is 3. The highest BCUT2D eigenvalue weighted by Crippen LogP contribution is 2.21. The van der Waals surface area contributed by atoms with Crippen LogP contribution in [-0.4, -0.2) is 15.6 Å². The van der Waals surface area contributed by atoms with E-state index in [1.165, 1.54) is 12.8 Å². The van der Waals surface area contributed by atoms with Gasteiger partial charge in [0.1, 0.15) is 5.82 Å². The normalized spacial score (nSPS) is 15.6. The monoisotopic (exact) mass is 246 g/mol. The van der Waals surface area contributed by atoms with Gasteiger partial charge >= 0.3 is 0 Å². The molecule has 1 heterocycles. The molecule has 1 aliphatic rings. The lowest BCUT2D eigenvalue weighted by Gasteiger charge is -2.15. The Balaban J connectivity index is 1.78. The lowest BCUT2D eigenvalue weighted by Crippen LogP contribution is -2.19. The third-order valence-corrected chi connectivity index (χ3v) is 3.43. The van der Waals surface area contributed by atoms with E-state index in [-0.39, 0.29) is 5.41 Å². The molecule has 2 rings (SSSR count). The number of aromatic nitrogens is 2. The highest BCUT2D eigenvalue weighted by atomic mass is 15.1. The molecule has 0 amide bonds. The van der Waals surface area contributed by atoms with Crippen molar-refractivity contribution in [3.8, 4) is 6.07 Å². The highest BCUT2D eigenvalue weighted by Gasteiger charge is 2.21. The third kappa shape index (κ3) is 3.85. The molecule has 4 heteroatoms. The molecule has 1 saturated carbocycles. The maximum Gasteiger partial charge on any atom is 0.122 e. The number of rotatable bonds is 7. The van der Waals surface area contributed by atoms with E-state index in [2.05, 4.69) is 20.9 Å². The Labute approximate surface area is 109 Å². The standard InChI is InChI=1S/C14H22N4/c1-14(2,11-15)6-3-8-18-9-7-16-13(18)10-17-12-4-5-12/h7,9,12,17H,3-6,8,10H2,1-2H3. The molecule has 0 aliphatic heterocycles. The van der Waals surface area contributed by atoms with Crippen molar-refractivity contribution in [2.24, 2.45) is 5.41 Å². The Hall–Kier alpha value is -1.34. The number of aryl methyl sites for hydroxylation is 1. The molecule has 4 nitrogen and oxygen atoms in total. The molecular formula is C14H22N4. The molecule has 0 unspecified atom stereocenters. The van der Waals surface area contributed by atoms with Crippen LogP contribution in [0.1, 0.15) is 45.4 Å². The van der Waals surface area contributed by atoms with Crippen molar-refractivity contribution in [2.45, 2.75) is 58.7 Å². The van der Waals surface area contributed by atoms with Crippen molar-refractivity contribution in [1.29, 1.82) is 5.26 Å². The average molecular weight is 246 g/mol. The molecule has 1 aliphatic carbocycles. The van der Waals surface area contributed by atoms with Gasteiger partial charge in [-0.25, -0.2) is 4.98 Å². The molecule has 0 aromatic carbocycles. The van der Waals surface area contributed by atoms with Gasteiger partial charge in [-0.2, -0.15) is 5.26 Å². The number of nitrogens with zero attached hydrogens (tertiary/aromatic N) is 3. The first-order chi connectivity index (χ1) is 8.61. The Morgan fingerprint density at radius 2 is 2.33 bits per heavy atom. The van der Waals surface area contributed by atoms with Crippen molar-refractivity contribution in [2.75, 3.05) is 0 Å². The quantitative estimate of drug-likeness (QED) is 0.804. The van der Waals surface area contributed by atoms with Crippen LogP contribution in [0.15, 0.2) is 12.4 Å². The van der Waals surface area contributed by atoms with Crippen molar-refractivity contribution in [1.82, 2.24) is 14.9 Å². The van der Waals surface area contributed by atoms with Gasteiger partial charge in [-0.15, -0.1) is 0 Å². The van der Waals surface area contributed by atoms with Gasteiger partial charge < -0.3 is 9.88 Å². The zero-order valence-electron chi connectivity index (χ0n) is 11.3. The average Bonchev–Trinajstić information content (AvgIpc) is 3.07. The van der Waals surface area contributed by atoms with Crippen LogP contribution < -0.4 is 5.32 Å². The summed E-state index contributed by atoms with van der Waals surface area (Å²) in [5, 5.41) is 12.5. The van der Waals surface area contributed by atoms with E-state index in [0.29, 0.717) is 6.04 Å². The van der Waals surface area contributed by atoms with Crippen molar-refractivity contribution in [3.05, 3.63) is 18.2 Å². The van der Waals surface area contributed by atoms with E-state index in [4.69, 9.17) is 5.26 Å². The fourth-order valence-electron chi connectivity index (χ4n) is 1.98. The molecule has 0 saturated heterocycles. The SMILES string of the molecule is CC(C)(C#N)CCCn1ccnc1CNC1CC1. The van der Waals surface area contributed by atoms with E-state index in [9.17, 15) is 0 Å². The molecule has 0 atom stereocenters. The Morgan fingerprint density at radius 3 is 3.00 bits per heavy atom. The van der Waals surface area contributed by atoms with Crippen LogP contribution in [-0.2, 0) is 13.1 Å². The van der Waals surface area contributed by atoms with Crippen LogP contribution in [0.4, 0.5) is 0 Å². The predicted octanol–water partition coefficient (Wildman–Crippen LogP) is 2.47. The second kappa shape index (κ2) is 5.53. The molecule has 1 N–H and O–H groups in total. The first kappa shape index (κ1) is 13.1. The number of nitriles is 1. The lowest BCUT2D eigenvalue weighted by atomic mass is 9.90. The van der Waals surface area contributed by atoms with E-state index >= 15 is 0 Å². The second-order valence-electron chi connectivity index (χ2n) is 5.79. The molecule has 1 aromatic heterocycles. The van der Waals surface area contributed by atoms with Crippen molar-refractivity contribution >= 4 is 0 Å². The summed E-state index contributed by atoms with van der Waals surface area (Å²) in [6.07, 6.45) is 8.45. The molecule has 98 valence electrons. The lowest BCUT2D eigenvalue weighted by molar-refractivity contribution is 0.411. The van der Waals surface area contributed by atoms with Crippen molar-refractivity contribution < 1.29 is 0 Å². The molecule has 1 fully saturated rings. The van der Waals surface area contributed by atoms with Crippen LogP contribution in [0.3, 0.4) is 0 Å². The van der Waals surface area contributed by atoms with Gasteiger partial charge in [0, 0.05) is 25.0 Å². The Kier molecular flexibility index (Phi) is 4.03. The van der Waals surface area contributed by atoms with Gasteiger partial charge in [-0.3, -0.25) is 0 Å². The van der Waals surface area contributed by atoms with E-state index in [1.54, 1.807) is 0 Å². The summed E-state index contributed by atoms with van der Waals surface area (Å²) in [7, 11) is 0. The maximum absolute atomic E-state index is 8.98. The van der Waals surface area contributed by atoms with Gasteiger partial charge in [0.2, 0.25) is 0 Å². The van der Waals surface area contributed by atoms with E-state index < -0.39 is 0 Å². The predicted molar refractivity (Wildman–Crippen MR) is 70.7 cm³/mol. The summed E-state index contributed by atoms with van der Waals surface area (Å²) >= 11 is 0. The van der Waals surface area contributed by atoms with Crippen molar-refractivity contribution in [3.63, 3.8) is 0 Å². The molecule has 0 radical (unpaired) electrons. The number of nitrogens with one attached hydrogen (secondary N) is 1. The first-order valence-corrected chi connectivity index (χ1v) is 6.75. The van der Waals surface area contributed by atoms with Crippen LogP contribution >= 0.6 is 0 Å². The summed E-state index contributed by atoms with van der Waals surface area (Å²) in [5.74, 6) is 1.11. The molecule has 0 spiro atoms. The minimum absolute atomic E-state index is 0.215. The molecule has 0 bridgehead atoms. The van der Waals surface area contributed by atoms with E-state index in [0.717, 1.165) is 31.8 Å². The highest BCUT2D eigenvalue weighted by molar-refractivity contribution is 4.95. The zero-order chi connectivity index (χ0) is 13.0. The summed E-state index contributed by atoms with van der Waals surface area (Å²) in [6, 6.07) is 3.06. The van der Waals surface area contributed by atoms with Crippen LogP contribution in [0.5, 0.6) is 0 Å². The zero-order valence-corrected chi connectivity index (χ0v) is 11.3. The number of imidazole rings is 1. The third-order valence-electron chi connectivity index (χ3n) is 3.43. The Bertz CT molecular complexity index is 423. The summed E-state index contributed by atoms with van der Waals surface area (Å²) < 4.78 is 2.20. The molecular weight excluding hydrogens is 224 g/mol. The molecule has 18 heavy (non-hydrogen) atoms. The minimum atomic E-state index is -0.215. The second-order valence-corrected chi connectivity index (χ2v) is 5.79. The fraction of sp³-hybridized carbons (Fsp3) is 0.714. The van der Waals surface area contributed by atoms with Crippen LogP contribution in [0, 0.1) is 16.7 Å². The van der Waals surface area contributed by atoms with Gasteiger partial charge in [0.15, 0.2) is 0 Å². The minimum Gasteiger partial charge on any atom is -0.334 e. The van der Waals surface area contributed by atoms with Gasteiger partial charge in [-0.05, 0) is 39.5 Å². The maximum atomic E-state index is 8.98. The Morgan fingerprint density at radius 1 is 1.56 bits per heavy atom. The van der Waals surface area contributed by atoms with Gasteiger partial charge in [0.25, 0.3) is 0 Å². The van der Waals surface area contributed by atoms with Crippen LogP contribution in [0.2, 0.25) is 0 Å². The van der Waals surface area contributed by atoms with E-state index in [1.807, 2.05) is 26.2 Å². The smallest absolute Gasteiger partial charge is 0.122 e. The van der Waals surface area contributed by atoms with Gasteiger partial charge in [-0.1, -0.05) is 0 Å². The number of hydrogen-bond donors (Lipinski definition) is 1.